The molecule has 0 bridgehead atoms. The van der Waals surface area contributed by atoms with E-state index < -0.39 is 21.7 Å². The van der Waals surface area contributed by atoms with Crippen molar-refractivity contribution in [3.63, 3.8) is 0 Å². The molecule has 1 saturated heterocycles. The van der Waals surface area contributed by atoms with Crippen LogP contribution in [0.25, 0.3) is 0 Å². The Hall–Kier alpha value is -0.620. The number of carbonyl (C=O) groups excluding carboxylic acids is 1. The third-order valence-corrected chi connectivity index (χ3v) is 3.90. The van der Waals surface area contributed by atoms with Gasteiger partial charge in [0.1, 0.15) is 9.84 Å². The Morgan fingerprint density at radius 1 is 1.44 bits per heavy atom. The van der Waals surface area contributed by atoms with Crippen LogP contribution < -0.4 is 5.32 Å². The lowest BCUT2D eigenvalue weighted by Gasteiger charge is -2.28. The zero-order valence-electron chi connectivity index (χ0n) is 9.73. The van der Waals surface area contributed by atoms with Gasteiger partial charge in [0.05, 0.1) is 18.8 Å². The second-order valence-electron chi connectivity index (χ2n) is 4.31. The average molecular weight is 249 g/mol. The van der Waals surface area contributed by atoms with Crippen molar-refractivity contribution in [1.82, 2.24) is 5.32 Å². The predicted octanol–water partition coefficient (Wildman–Crippen LogP) is -0.180. The lowest BCUT2D eigenvalue weighted by Crippen LogP contribution is -2.38. The van der Waals surface area contributed by atoms with Crippen LogP contribution in [-0.2, 0) is 19.4 Å². The van der Waals surface area contributed by atoms with Crippen LogP contribution in [0.15, 0.2) is 0 Å². The minimum Gasteiger partial charge on any atom is -0.469 e. The molecule has 5 nitrogen and oxygen atoms in total. The van der Waals surface area contributed by atoms with E-state index in [-0.39, 0.29) is 11.7 Å². The van der Waals surface area contributed by atoms with Crippen molar-refractivity contribution >= 4 is 15.8 Å². The number of hydrogen-bond donors (Lipinski definition) is 1. The summed E-state index contributed by atoms with van der Waals surface area (Å²) in [4.78, 5) is 11.6. The number of ether oxygens (including phenoxy) is 1. The molecule has 1 atom stereocenters. The summed E-state index contributed by atoms with van der Waals surface area (Å²) in [6, 6.07) is 0. The number of sulfone groups is 1. The molecule has 0 aliphatic carbocycles. The van der Waals surface area contributed by atoms with E-state index in [4.69, 9.17) is 0 Å². The molecule has 0 amide bonds. The van der Waals surface area contributed by atoms with Crippen molar-refractivity contribution in [2.75, 3.05) is 32.2 Å². The molecule has 0 spiro atoms. The van der Waals surface area contributed by atoms with Crippen LogP contribution >= 0.6 is 0 Å². The van der Waals surface area contributed by atoms with Crippen LogP contribution in [0.1, 0.15) is 12.8 Å². The normalized spacial score (nSPS) is 20.4. The molecule has 1 heterocycles. The highest BCUT2D eigenvalue weighted by molar-refractivity contribution is 7.90. The summed E-state index contributed by atoms with van der Waals surface area (Å²) in [6.45, 7) is 1.67. The van der Waals surface area contributed by atoms with Crippen LogP contribution in [0, 0.1) is 11.8 Å². The minimum atomic E-state index is -3.15. The molecule has 94 valence electrons. The maximum atomic E-state index is 11.6. The summed E-state index contributed by atoms with van der Waals surface area (Å²) < 4.78 is 27.3. The number of piperidine rings is 1. The van der Waals surface area contributed by atoms with E-state index in [9.17, 15) is 13.2 Å². The maximum Gasteiger partial charge on any atom is 0.309 e. The van der Waals surface area contributed by atoms with E-state index in [0.29, 0.717) is 0 Å². The highest BCUT2D eigenvalue weighted by atomic mass is 32.2. The maximum absolute atomic E-state index is 11.6. The quantitative estimate of drug-likeness (QED) is 0.700. The number of esters is 1. The molecule has 0 saturated carbocycles. The Morgan fingerprint density at radius 3 is 2.44 bits per heavy atom. The lowest BCUT2D eigenvalue weighted by molar-refractivity contribution is -0.146. The average Bonchev–Trinajstić information content (AvgIpc) is 2.25. The van der Waals surface area contributed by atoms with Gasteiger partial charge in [0, 0.05) is 6.26 Å². The number of carbonyl (C=O) groups is 1. The van der Waals surface area contributed by atoms with Gasteiger partial charge in [0.2, 0.25) is 0 Å². The van der Waals surface area contributed by atoms with Crippen molar-refractivity contribution in [1.29, 1.82) is 0 Å². The van der Waals surface area contributed by atoms with Gasteiger partial charge in [-0.2, -0.15) is 0 Å². The summed E-state index contributed by atoms with van der Waals surface area (Å²) in [5.41, 5.74) is 0. The van der Waals surface area contributed by atoms with Crippen molar-refractivity contribution in [3.8, 4) is 0 Å². The third kappa shape index (κ3) is 4.09. The Morgan fingerprint density at radius 2 is 2.00 bits per heavy atom. The van der Waals surface area contributed by atoms with Gasteiger partial charge in [0.25, 0.3) is 0 Å². The molecule has 1 aliphatic rings. The molecule has 1 fully saturated rings. The van der Waals surface area contributed by atoms with Gasteiger partial charge < -0.3 is 10.1 Å². The number of hydrogen-bond acceptors (Lipinski definition) is 5. The van der Waals surface area contributed by atoms with E-state index in [1.165, 1.54) is 7.11 Å². The summed E-state index contributed by atoms with van der Waals surface area (Å²) in [7, 11) is -1.84. The lowest BCUT2D eigenvalue weighted by atomic mass is 9.86. The van der Waals surface area contributed by atoms with E-state index in [1.807, 2.05) is 0 Å². The topological polar surface area (TPSA) is 72.5 Å². The van der Waals surface area contributed by atoms with Crippen molar-refractivity contribution in [2.24, 2.45) is 11.8 Å². The number of methoxy groups -OCH3 is 1. The number of nitrogens with one attached hydrogen (secondary N) is 1. The first kappa shape index (κ1) is 13.4. The summed E-state index contributed by atoms with van der Waals surface area (Å²) in [5, 5.41) is 3.19. The monoisotopic (exact) mass is 249 g/mol. The zero-order valence-corrected chi connectivity index (χ0v) is 10.5. The fraction of sp³-hybridized carbons (Fsp3) is 0.900. The third-order valence-electron chi connectivity index (χ3n) is 2.94. The Labute approximate surface area is 96.5 Å². The highest BCUT2D eigenvalue weighted by Crippen LogP contribution is 2.24. The van der Waals surface area contributed by atoms with Crippen molar-refractivity contribution in [3.05, 3.63) is 0 Å². The fourth-order valence-corrected chi connectivity index (χ4v) is 3.18. The van der Waals surface area contributed by atoms with Gasteiger partial charge in [-0.05, 0) is 31.8 Å². The first-order valence-corrected chi connectivity index (χ1v) is 7.46. The van der Waals surface area contributed by atoms with E-state index >= 15 is 0 Å². The van der Waals surface area contributed by atoms with Crippen LogP contribution in [-0.4, -0.2) is 46.6 Å². The SMILES string of the molecule is COC(=O)C(CS(C)(=O)=O)C1CCNCC1. The molecular formula is C10H19NO4S. The smallest absolute Gasteiger partial charge is 0.309 e. The van der Waals surface area contributed by atoms with Gasteiger partial charge in [-0.15, -0.1) is 0 Å². The molecule has 1 N–H and O–H groups in total. The van der Waals surface area contributed by atoms with Gasteiger partial charge in [-0.3, -0.25) is 4.79 Å². The first-order chi connectivity index (χ1) is 7.44. The van der Waals surface area contributed by atoms with Gasteiger partial charge in [-0.25, -0.2) is 8.42 Å². The van der Waals surface area contributed by atoms with Gasteiger partial charge in [0.15, 0.2) is 0 Å². The fourth-order valence-electron chi connectivity index (χ4n) is 2.12. The van der Waals surface area contributed by atoms with E-state index in [1.54, 1.807) is 0 Å². The Balaban J connectivity index is 2.73. The first-order valence-electron chi connectivity index (χ1n) is 5.40. The highest BCUT2D eigenvalue weighted by Gasteiger charge is 2.32. The number of rotatable bonds is 4. The molecule has 1 unspecified atom stereocenters. The van der Waals surface area contributed by atoms with Crippen LogP contribution in [0.4, 0.5) is 0 Å². The molecule has 1 aliphatic heterocycles. The van der Waals surface area contributed by atoms with Crippen LogP contribution in [0.2, 0.25) is 0 Å². The molecule has 0 aromatic carbocycles. The molecular weight excluding hydrogens is 230 g/mol. The Bertz CT molecular complexity index is 333. The van der Waals surface area contributed by atoms with Crippen molar-refractivity contribution in [2.45, 2.75) is 12.8 Å². The van der Waals surface area contributed by atoms with Crippen molar-refractivity contribution < 1.29 is 17.9 Å². The standard InChI is InChI=1S/C10H19NO4S/c1-15-10(12)9(7-16(2,13)14)8-3-5-11-6-4-8/h8-9,11H,3-7H2,1-2H3. The second-order valence-corrected chi connectivity index (χ2v) is 6.49. The zero-order chi connectivity index (χ0) is 12.2. The second kappa shape index (κ2) is 5.63. The van der Waals surface area contributed by atoms with E-state index in [2.05, 4.69) is 10.1 Å². The Kier molecular flexibility index (Phi) is 4.73. The van der Waals surface area contributed by atoms with Crippen LogP contribution in [0.3, 0.4) is 0 Å². The van der Waals surface area contributed by atoms with Gasteiger partial charge in [-0.1, -0.05) is 0 Å². The molecule has 16 heavy (non-hydrogen) atoms. The summed E-state index contributed by atoms with van der Waals surface area (Å²) in [5.74, 6) is -0.910. The van der Waals surface area contributed by atoms with Crippen LogP contribution in [0.5, 0.6) is 0 Å². The molecule has 0 aromatic heterocycles. The molecule has 0 radical (unpaired) electrons. The minimum absolute atomic E-state index is 0.107. The summed E-state index contributed by atoms with van der Waals surface area (Å²) >= 11 is 0. The summed E-state index contributed by atoms with van der Waals surface area (Å²) in [6.07, 6.45) is 2.81. The van der Waals surface area contributed by atoms with Gasteiger partial charge >= 0.3 is 5.97 Å². The molecule has 6 heteroatoms. The molecule has 1 rings (SSSR count). The molecule has 0 aromatic rings. The largest absolute Gasteiger partial charge is 0.469 e. The van der Waals surface area contributed by atoms with E-state index in [0.717, 1.165) is 32.2 Å². The predicted molar refractivity (Wildman–Crippen MR) is 60.8 cm³/mol.